The molecule has 8 nitrogen and oxygen atoms in total. The zero-order valence-electron chi connectivity index (χ0n) is 11.9. The fourth-order valence-corrected chi connectivity index (χ4v) is 3.10. The van der Waals surface area contributed by atoms with Crippen LogP contribution in [0.4, 0.5) is 13.2 Å². The molecular weight excluding hydrogens is 353 g/mol. The number of nitrogens with two attached hydrogens (primary N) is 1. The highest BCUT2D eigenvalue weighted by Gasteiger charge is 2.65. The Kier molecular flexibility index (Phi) is 3.48. The summed E-state index contributed by atoms with van der Waals surface area (Å²) < 4.78 is 69.4. The molecule has 1 fully saturated rings. The summed E-state index contributed by atoms with van der Waals surface area (Å²) in [6.45, 7) is -0.241. The number of hydrogen-bond acceptors (Lipinski definition) is 7. The average Bonchev–Trinajstić information content (AvgIpc) is 3.25. The Labute approximate surface area is 133 Å². The lowest BCUT2D eigenvalue weighted by Gasteiger charge is -2.35. The molecule has 130 valence electrons. The van der Waals surface area contributed by atoms with Gasteiger partial charge in [0.2, 0.25) is 0 Å². The minimum Gasteiger partial charge on any atom is -0.376 e. The minimum absolute atomic E-state index is 0.121. The highest BCUT2D eigenvalue weighted by Crippen LogP contribution is 2.52. The number of nitrogens with zero attached hydrogens (tertiary/aromatic N) is 2. The van der Waals surface area contributed by atoms with Crippen molar-refractivity contribution in [2.75, 3.05) is 13.2 Å². The lowest BCUT2D eigenvalue weighted by Crippen LogP contribution is -2.67. The van der Waals surface area contributed by atoms with Gasteiger partial charge in [0.1, 0.15) is 5.54 Å². The third kappa shape index (κ3) is 2.56. The molecule has 12 heteroatoms. The van der Waals surface area contributed by atoms with E-state index in [4.69, 9.17) is 10.5 Å². The lowest BCUT2D eigenvalue weighted by molar-refractivity contribution is -0.166. The van der Waals surface area contributed by atoms with Crippen LogP contribution in [0.2, 0.25) is 0 Å². The van der Waals surface area contributed by atoms with Gasteiger partial charge in [-0.2, -0.15) is 13.2 Å². The molecule has 1 aromatic rings. The van der Waals surface area contributed by atoms with Crippen molar-refractivity contribution >= 4 is 15.9 Å². The van der Waals surface area contributed by atoms with Gasteiger partial charge < -0.3 is 10.5 Å². The van der Waals surface area contributed by atoms with E-state index in [9.17, 15) is 26.4 Å². The van der Waals surface area contributed by atoms with E-state index in [2.05, 4.69) is 10.2 Å². The number of hydrogen-bond donors (Lipinski definition) is 2. The Morgan fingerprint density at radius 1 is 1.21 bits per heavy atom. The summed E-state index contributed by atoms with van der Waals surface area (Å²) in [5.74, 6) is -0.947. The van der Waals surface area contributed by atoms with Crippen LogP contribution >= 0.6 is 0 Å². The summed E-state index contributed by atoms with van der Waals surface area (Å²) in [7, 11) is -4.27. The Hall–Kier alpha value is -2.05. The summed E-state index contributed by atoms with van der Waals surface area (Å²) in [6, 6.07) is 3.75. The molecule has 24 heavy (non-hydrogen) atoms. The van der Waals surface area contributed by atoms with Gasteiger partial charge in [0.15, 0.2) is 0 Å². The lowest BCUT2D eigenvalue weighted by atomic mass is 9.99. The molecule has 0 spiro atoms. The second-order valence-electron chi connectivity index (χ2n) is 5.48. The topological polar surface area (TPSA) is 123 Å². The van der Waals surface area contributed by atoms with E-state index in [0.29, 0.717) is 0 Å². The molecule has 2 aliphatic heterocycles. The molecule has 1 saturated heterocycles. The maximum absolute atomic E-state index is 12.9. The quantitative estimate of drug-likeness (QED) is 0.800. The van der Waals surface area contributed by atoms with Crippen LogP contribution in [0.1, 0.15) is 5.56 Å². The van der Waals surface area contributed by atoms with Crippen molar-refractivity contribution in [3.8, 4) is 0 Å². The Morgan fingerprint density at radius 3 is 2.12 bits per heavy atom. The van der Waals surface area contributed by atoms with E-state index < -0.39 is 33.3 Å². The highest BCUT2D eigenvalue weighted by molar-refractivity contribution is 7.90. The van der Waals surface area contributed by atoms with Gasteiger partial charge in [-0.1, -0.05) is 12.1 Å². The summed E-state index contributed by atoms with van der Waals surface area (Å²) in [6.07, 6.45) is -4.71. The highest BCUT2D eigenvalue weighted by atomic mass is 32.2. The SMILES string of the molecule is NC1(C(=O)NS(=O)(=O)c2ccc(C3(C(F)(F)F)N=N3)cc2)COC1. The maximum Gasteiger partial charge on any atom is 0.442 e. The van der Waals surface area contributed by atoms with Crippen LogP contribution in [0.3, 0.4) is 0 Å². The van der Waals surface area contributed by atoms with E-state index in [1.807, 2.05) is 0 Å². The standard InChI is InChI=1S/C12H11F3N4O4S/c13-12(14,15)11(18-19-11)7-1-3-8(4-2-7)24(21,22)17-9(20)10(16)5-23-6-10/h1-4H,5-6,16H2,(H,17,20). The van der Waals surface area contributed by atoms with Crippen molar-refractivity contribution in [2.45, 2.75) is 22.3 Å². The van der Waals surface area contributed by atoms with Crippen LogP contribution < -0.4 is 10.5 Å². The van der Waals surface area contributed by atoms with Crippen LogP contribution in [0, 0.1) is 0 Å². The molecule has 0 unspecified atom stereocenters. The molecule has 0 radical (unpaired) electrons. The molecule has 3 N–H and O–H groups in total. The predicted molar refractivity (Wildman–Crippen MR) is 72.1 cm³/mol. The van der Waals surface area contributed by atoms with Gasteiger partial charge in [-0.05, 0) is 12.1 Å². The number of amides is 1. The Morgan fingerprint density at radius 2 is 1.75 bits per heavy atom. The summed E-state index contributed by atoms with van der Waals surface area (Å²) in [4.78, 5) is 11.4. The number of nitrogens with one attached hydrogen (secondary N) is 1. The first kappa shape index (κ1) is 16.8. The van der Waals surface area contributed by atoms with Crippen molar-refractivity contribution in [3.63, 3.8) is 0 Å². The first-order chi connectivity index (χ1) is 11.0. The number of carbonyl (C=O) groups is 1. The van der Waals surface area contributed by atoms with Gasteiger partial charge >= 0.3 is 11.8 Å². The zero-order chi connectivity index (χ0) is 17.8. The molecule has 2 aliphatic rings. The molecule has 0 atom stereocenters. The normalized spacial score (nSPS) is 21.0. The van der Waals surface area contributed by atoms with E-state index in [-0.39, 0.29) is 23.7 Å². The number of rotatable bonds is 4. The second kappa shape index (κ2) is 4.97. The monoisotopic (exact) mass is 364 g/mol. The Bertz CT molecular complexity index is 810. The molecule has 0 aromatic heterocycles. The third-order valence-electron chi connectivity index (χ3n) is 3.66. The van der Waals surface area contributed by atoms with Crippen molar-refractivity contribution in [2.24, 2.45) is 16.0 Å². The van der Waals surface area contributed by atoms with Crippen molar-refractivity contribution in [3.05, 3.63) is 29.8 Å². The van der Waals surface area contributed by atoms with Gasteiger partial charge in [-0.15, -0.1) is 10.2 Å². The number of halogens is 3. The molecule has 2 heterocycles. The van der Waals surface area contributed by atoms with E-state index in [1.165, 1.54) is 0 Å². The average molecular weight is 364 g/mol. The number of benzene rings is 1. The number of sulfonamides is 1. The second-order valence-corrected chi connectivity index (χ2v) is 7.16. The van der Waals surface area contributed by atoms with Crippen LogP contribution in [0.15, 0.2) is 39.4 Å². The van der Waals surface area contributed by atoms with Crippen LogP contribution in [0.25, 0.3) is 0 Å². The third-order valence-corrected chi connectivity index (χ3v) is 5.01. The molecule has 0 bridgehead atoms. The summed E-state index contributed by atoms with van der Waals surface area (Å²) in [5.41, 5.74) is 1.23. The van der Waals surface area contributed by atoms with Crippen LogP contribution in [-0.4, -0.2) is 39.3 Å². The number of alkyl halides is 3. The Balaban J connectivity index is 1.79. The predicted octanol–water partition coefficient (Wildman–Crippen LogP) is 0.400. The van der Waals surface area contributed by atoms with Gasteiger partial charge in [0.05, 0.1) is 18.1 Å². The first-order valence-corrected chi connectivity index (χ1v) is 8.04. The molecule has 0 aliphatic carbocycles. The van der Waals surface area contributed by atoms with E-state index in [0.717, 1.165) is 24.3 Å². The van der Waals surface area contributed by atoms with Crippen LogP contribution in [-0.2, 0) is 25.2 Å². The molecule has 1 aromatic carbocycles. The largest absolute Gasteiger partial charge is 0.442 e. The zero-order valence-corrected chi connectivity index (χ0v) is 12.7. The van der Waals surface area contributed by atoms with Crippen molar-refractivity contribution in [1.82, 2.24) is 4.72 Å². The molecule has 0 saturated carbocycles. The van der Waals surface area contributed by atoms with Crippen molar-refractivity contribution in [1.29, 1.82) is 0 Å². The van der Waals surface area contributed by atoms with E-state index in [1.54, 1.807) is 4.72 Å². The number of ether oxygens (including phenoxy) is 1. The molecule has 3 rings (SSSR count). The van der Waals surface area contributed by atoms with Crippen LogP contribution in [0.5, 0.6) is 0 Å². The maximum atomic E-state index is 12.9. The number of carbonyl (C=O) groups excluding carboxylic acids is 1. The van der Waals surface area contributed by atoms with Gasteiger partial charge in [0.25, 0.3) is 15.9 Å². The summed E-state index contributed by atoms with van der Waals surface area (Å²) >= 11 is 0. The van der Waals surface area contributed by atoms with Gasteiger partial charge in [-0.3, -0.25) is 4.79 Å². The summed E-state index contributed by atoms with van der Waals surface area (Å²) in [5, 5.41) is 6.03. The van der Waals surface area contributed by atoms with Gasteiger partial charge in [0, 0.05) is 5.56 Å². The van der Waals surface area contributed by atoms with Gasteiger partial charge in [-0.25, -0.2) is 13.1 Å². The molecule has 1 amide bonds. The van der Waals surface area contributed by atoms with Crippen molar-refractivity contribution < 1.29 is 31.1 Å². The molecular formula is C12H11F3N4O4S. The first-order valence-electron chi connectivity index (χ1n) is 6.55. The fourth-order valence-electron chi connectivity index (χ4n) is 2.04. The smallest absolute Gasteiger partial charge is 0.376 e. The fraction of sp³-hybridized carbons (Fsp3) is 0.417. The van der Waals surface area contributed by atoms with E-state index >= 15 is 0 Å². The minimum atomic E-state index is -4.71.